The fourth-order valence-corrected chi connectivity index (χ4v) is 3.15. The molecule has 0 aliphatic heterocycles. The third kappa shape index (κ3) is 4.16. The number of rotatable bonds is 6. The molecule has 0 atom stereocenters. The molecule has 3 aromatic rings. The van der Waals surface area contributed by atoms with Gasteiger partial charge in [-0.2, -0.15) is 0 Å². The Morgan fingerprint density at radius 2 is 1.80 bits per heavy atom. The molecule has 0 spiro atoms. The molecule has 1 amide bonds. The van der Waals surface area contributed by atoms with Crippen LogP contribution in [0.4, 0.5) is 0 Å². The van der Waals surface area contributed by atoms with E-state index >= 15 is 0 Å². The summed E-state index contributed by atoms with van der Waals surface area (Å²) in [5, 5.41) is 1.98. The first kappa shape index (κ1) is 17.0. The molecule has 0 fully saturated rings. The second-order valence-electron chi connectivity index (χ2n) is 5.39. The number of furan rings is 1. The highest BCUT2D eigenvalue weighted by molar-refractivity contribution is 7.09. The summed E-state index contributed by atoms with van der Waals surface area (Å²) < 4.78 is 10.1. The fraction of sp³-hybridized carbons (Fsp3) is 0.158. The van der Waals surface area contributed by atoms with Gasteiger partial charge in [-0.05, 0) is 47.8 Å². The van der Waals surface area contributed by atoms with E-state index in [1.807, 2.05) is 23.6 Å². The number of carbonyl (C=O) groups is 2. The van der Waals surface area contributed by atoms with Gasteiger partial charge in [0.05, 0.1) is 32.0 Å². The maximum atomic E-state index is 12.9. The van der Waals surface area contributed by atoms with E-state index in [1.54, 1.807) is 52.8 Å². The molecule has 0 unspecified atom stereocenters. The largest absolute Gasteiger partial charge is 0.467 e. The zero-order chi connectivity index (χ0) is 17.6. The lowest BCUT2D eigenvalue weighted by Crippen LogP contribution is -2.29. The number of esters is 1. The minimum Gasteiger partial charge on any atom is -0.467 e. The van der Waals surface area contributed by atoms with Crippen LogP contribution in [0.5, 0.6) is 0 Å². The highest BCUT2D eigenvalue weighted by Crippen LogP contribution is 2.18. The van der Waals surface area contributed by atoms with E-state index in [4.69, 9.17) is 4.42 Å². The van der Waals surface area contributed by atoms with Crippen molar-refractivity contribution in [1.29, 1.82) is 0 Å². The van der Waals surface area contributed by atoms with Crippen molar-refractivity contribution in [1.82, 2.24) is 4.90 Å². The van der Waals surface area contributed by atoms with Crippen LogP contribution < -0.4 is 0 Å². The molecule has 0 aliphatic rings. The van der Waals surface area contributed by atoms with Crippen LogP contribution >= 0.6 is 11.3 Å². The van der Waals surface area contributed by atoms with Crippen LogP contribution in [0.2, 0.25) is 0 Å². The molecule has 2 aromatic heterocycles. The number of benzene rings is 1. The first-order valence-corrected chi connectivity index (χ1v) is 8.58. The van der Waals surface area contributed by atoms with Crippen LogP contribution in [0, 0.1) is 0 Å². The molecule has 25 heavy (non-hydrogen) atoms. The lowest BCUT2D eigenvalue weighted by molar-refractivity contribution is 0.0599. The molecule has 0 saturated carbocycles. The Morgan fingerprint density at radius 3 is 2.40 bits per heavy atom. The van der Waals surface area contributed by atoms with Gasteiger partial charge >= 0.3 is 5.97 Å². The van der Waals surface area contributed by atoms with Crippen LogP contribution in [0.25, 0.3) is 0 Å². The number of carbonyl (C=O) groups excluding carboxylic acids is 2. The predicted octanol–water partition coefficient (Wildman–Crippen LogP) is 3.97. The molecule has 5 nitrogen and oxygen atoms in total. The molecular formula is C19H17NO4S. The van der Waals surface area contributed by atoms with Gasteiger partial charge in [0.1, 0.15) is 5.76 Å². The number of methoxy groups -OCH3 is 1. The Labute approximate surface area is 149 Å². The normalized spacial score (nSPS) is 10.4. The molecule has 1 aromatic carbocycles. The number of thiophene rings is 1. The summed E-state index contributed by atoms with van der Waals surface area (Å²) >= 11 is 1.60. The summed E-state index contributed by atoms with van der Waals surface area (Å²) in [5.74, 6) is 0.169. The lowest BCUT2D eigenvalue weighted by Gasteiger charge is -2.21. The zero-order valence-electron chi connectivity index (χ0n) is 13.7. The summed E-state index contributed by atoms with van der Waals surface area (Å²) in [7, 11) is 1.33. The summed E-state index contributed by atoms with van der Waals surface area (Å²) in [4.78, 5) is 27.3. The van der Waals surface area contributed by atoms with Crippen molar-refractivity contribution in [2.75, 3.05) is 7.11 Å². The van der Waals surface area contributed by atoms with Gasteiger partial charge in [-0.25, -0.2) is 4.79 Å². The van der Waals surface area contributed by atoms with Crippen molar-refractivity contribution in [2.24, 2.45) is 0 Å². The molecule has 0 radical (unpaired) electrons. The Hall–Kier alpha value is -2.86. The van der Waals surface area contributed by atoms with Crippen LogP contribution in [-0.2, 0) is 17.8 Å². The SMILES string of the molecule is COC(=O)c1ccc(C(=O)N(Cc2ccco2)Cc2cccs2)cc1. The second-order valence-corrected chi connectivity index (χ2v) is 6.42. The standard InChI is InChI=1S/C19H17NO4S/c1-23-19(22)15-8-6-14(7-9-15)18(21)20(12-16-4-2-10-24-16)13-17-5-3-11-25-17/h2-11H,12-13H2,1H3. The van der Waals surface area contributed by atoms with Crippen molar-refractivity contribution in [2.45, 2.75) is 13.1 Å². The number of hydrogen-bond donors (Lipinski definition) is 0. The lowest BCUT2D eigenvalue weighted by atomic mass is 10.1. The van der Waals surface area contributed by atoms with Crippen LogP contribution in [0.3, 0.4) is 0 Å². The maximum absolute atomic E-state index is 12.9. The van der Waals surface area contributed by atoms with Gasteiger partial charge < -0.3 is 14.1 Å². The van der Waals surface area contributed by atoms with E-state index in [0.717, 1.165) is 10.6 Å². The van der Waals surface area contributed by atoms with Gasteiger partial charge in [-0.15, -0.1) is 11.3 Å². The Morgan fingerprint density at radius 1 is 1.04 bits per heavy atom. The van der Waals surface area contributed by atoms with E-state index in [1.165, 1.54) is 7.11 Å². The molecular weight excluding hydrogens is 338 g/mol. The third-order valence-electron chi connectivity index (χ3n) is 3.69. The average molecular weight is 355 g/mol. The van der Waals surface area contributed by atoms with E-state index < -0.39 is 5.97 Å². The smallest absolute Gasteiger partial charge is 0.337 e. The molecule has 2 heterocycles. The third-order valence-corrected chi connectivity index (χ3v) is 4.55. The Bertz CT molecular complexity index is 787. The average Bonchev–Trinajstić information content (AvgIpc) is 3.34. The van der Waals surface area contributed by atoms with Crippen molar-refractivity contribution >= 4 is 23.2 Å². The summed E-state index contributed by atoms with van der Waals surface area (Å²) in [6.45, 7) is 0.873. The van der Waals surface area contributed by atoms with Gasteiger partial charge in [0.15, 0.2) is 0 Å². The van der Waals surface area contributed by atoms with Crippen molar-refractivity contribution in [3.05, 3.63) is 81.9 Å². The Kier molecular flexibility index (Phi) is 5.30. The minimum atomic E-state index is -0.426. The maximum Gasteiger partial charge on any atom is 0.337 e. The quantitative estimate of drug-likeness (QED) is 0.628. The molecule has 0 saturated heterocycles. The number of amides is 1. The summed E-state index contributed by atoms with van der Waals surface area (Å²) in [6.07, 6.45) is 1.59. The Balaban J connectivity index is 1.81. The van der Waals surface area contributed by atoms with Crippen molar-refractivity contribution < 1.29 is 18.7 Å². The topological polar surface area (TPSA) is 59.8 Å². The molecule has 128 valence electrons. The predicted molar refractivity (Wildman–Crippen MR) is 94.4 cm³/mol. The van der Waals surface area contributed by atoms with Gasteiger partial charge in [-0.3, -0.25) is 4.79 Å². The van der Waals surface area contributed by atoms with E-state index in [0.29, 0.717) is 24.2 Å². The van der Waals surface area contributed by atoms with Gasteiger partial charge in [-0.1, -0.05) is 6.07 Å². The molecule has 0 N–H and O–H groups in total. The van der Waals surface area contributed by atoms with E-state index in [9.17, 15) is 9.59 Å². The van der Waals surface area contributed by atoms with Crippen LogP contribution in [-0.4, -0.2) is 23.9 Å². The fourth-order valence-electron chi connectivity index (χ4n) is 2.43. The monoisotopic (exact) mass is 355 g/mol. The first-order valence-electron chi connectivity index (χ1n) is 7.70. The first-order chi connectivity index (χ1) is 12.2. The molecule has 3 rings (SSSR count). The van der Waals surface area contributed by atoms with Crippen LogP contribution in [0.1, 0.15) is 31.4 Å². The van der Waals surface area contributed by atoms with Crippen LogP contribution in [0.15, 0.2) is 64.6 Å². The van der Waals surface area contributed by atoms with Gasteiger partial charge in [0.2, 0.25) is 0 Å². The number of hydrogen-bond acceptors (Lipinski definition) is 5. The second kappa shape index (κ2) is 7.81. The highest BCUT2D eigenvalue weighted by atomic mass is 32.1. The number of ether oxygens (including phenoxy) is 1. The summed E-state index contributed by atoms with van der Waals surface area (Å²) in [5.41, 5.74) is 0.922. The molecule has 6 heteroatoms. The summed E-state index contributed by atoms with van der Waals surface area (Å²) in [6, 6.07) is 14.1. The van der Waals surface area contributed by atoms with Gasteiger partial charge in [0.25, 0.3) is 5.91 Å². The molecule has 0 bridgehead atoms. The van der Waals surface area contributed by atoms with Crippen molar-refractivity contribution in [3.8, 4) is 0 Å². The van der Waals surface area contributed by atoms with Crippen molar-refractivity contribution in [3.63, 3.8) is 0 Å². The van der Waals surface area contributed by atoms with E-state index in [2.05, 4.69) is 4.74 Å². The van der Waals surface area contributed by atoms with E-state index in [-0.39, 0.29) is 5.91 Å². The van der Waals surface area contributed by atoms with Gasteiger partial charge in [0, 0.05) is 10.4 Å². The molecule has 0 aliphatic carbocycles. The zero-order valence-corrected chi connectivity index (χ0v) is 14.5. The minimum absolute atomic E-state index is 0.124. The highest BCUT2D eigenvalue weighted by Gasteiger charge is 2.19. The number of nitrogens with zero attached hydrogens (tertiary/aromatic N) is 1.